The van der Waals surface area contributed by atoms with Gasteiger partial charge in [-0.1, -0.05) is 0 Å². The molecule has 2 atom stereocenters. The van der Waals surface area contributed by atoms with E-state index >= 15 is 0 Å². The van der Waals surface area contributed by atoms with Gasteiger partial charge >= 0.3 is 0 Å². The molecule has 3 aliphatic rings. The standard InChI is InChI=1S/C20H30N4O4/c1-13-21-18(12-28-13)20(26)23-16-3-2-14(19(25)22-15-4-5-15)10-24(11-16)17-6-8-27-9-7-17/h12,14-17H,2-11H2,1H3,(H,22,25)(H,23,26)/t14-,16+/m1/s1. The number of aryl methyl sites for hydroxylation is 1. The number of ether oxygens (including phenoxy) is 1. The zero-order valence-corrected chi connectivity index (χ0v) is 16.5. The Labute approximate surface area is 165 Å². The number of hydrogen-bond donors (Lipinski definition) is 2. The van der Waals surface area contributed by atoms with Gasteiger partial charge in [-0.05, 0) is 38.5 Å². The first-order chi connectivity index (χ1) is 13.6. The maximum atomic E-state index is 12.7. The topological polar surface area (TPSA) is 96.7 Å². The number of amides is 2. The minimum Gasteiger partial charge on any atom is -0.448 e. The van der Waals surface area contributed by atoms with Crippen molar-refractivity contribution in [3.8, 4) is 0 Å². The molecule has 3 heterocycles. The number of nitrogens with one attached hydrogen (secondary N) is 2. The van der Waals surface area contributed by atoms with E-state index in [1.54, 1.807) is 6.92 Å². The summed E-state index contributed by atoms with van der Waals surface area (Å²) in [5.41, 5.74) is 0.308. The van der Waals surface area contributed by atoms with Gasteiger partial charge in [-0.3, -0.25) is 14.5 Å². The molecule has 0 spiro atoms. The molecule has 1 aromatic heterocycles. The van der Waals surface area contributed by atoms with Crippen LogP contribution in [0, 0.1) is 12.8 Å². The maximum absolute atomic E-state index is 12.7. The third kappa shape index (κ3) is 4.91. The lowest BCUT2D eigenvalue weighted by Gasteiger charge is -2.36. The molecule has 1 aliphatic carbocycles. The molecule has 8 heteroatoms. The lowest BCUT2D eigenvalue weighted by Crippen LogP contribution is -2.49. The molecule has 2 N–H and O–H groups in total. The second-order valence-electron chi connectivity index (χ2n) is 8.28. The monoisotopic (exact) mass is 390 g/mol. The van der Waals surface area contributed by atoms with Crippen LogP contribution < -0.4 is 10.6 Å². The minimum atomic E-state index is -0.213. The van der Waals surface area contributed by atoms with Crippen molar-refractivity contribution >= 4 is 11.8 Å². The van der Waals surface area contributed by atoms with Gasteiger partial charge in [0.05, 0.1) is 5.92 Å². The van der Waals surface area contributed by atoms with Gasteiger partial charge in [0.2, 0.25) is 5.91 Å². The Bertz CT molecular complexity index is 696. The third-order valence-electron chi connectivity index (χ3n) is 5.96. The highest BCUT2D eigenvalue weighted by molar-refractivity contribution is 5.92. The van der Waals surface area contributed by atoms with Crippen molar-refractivity contribution in [3.63, 3.8) is 0 Å². The van der Waals surface area contributed by atoms with Crippen LogP contribution in [0.25, 0.3) is 0 Å². The van der Waals surface area contributed by atoms with Crippen molar-refractivity contribution in [3.05, 3.63) is 17.8 Å². The average molecular weight is 390 g/mol. The first-order valence-electron chi connectivity index (χ1n) is 10.4. The van der Waals surface area contributed by atoms with Crippen LogP contribution in [0.4, 0.5) is 0 Å². The van der Waals surface area contributed by atoms with E-state index in [2.05, 4.69) is 20.5 Å². The second kappa shape index (κ2) is 8.61. The van der Waals surface area contributed by atoms with Gasteiger partial charge < -0.3 is 19.8 Å². The summed E-state index contributed by atoms with van der Waals surface area (Å²) < 4.78 is 10.7. The SMILES string of the molecule is Cc1nc(C(=O)N[C@H]2CC[C@@H](C(=O)NC3CC3)CN(C3CCOCC3)C2)co1. The number of likely N-dealkylation sites (tertiary alicyclic amines) is 1. The molecular weight excluding hydrogens is 360 g/mol. The molecule has 0 radical (unpaired) electrons. The molecule has 4 rings (SSSR count). The first-order valence-corrected chi connectivity index (χ1v) is 10.4. The van der Waals surface area contributed by atoms with Crippen LogP contribution in [0.1, 0.15) is 54.9 Å². The summed E-state index contributed by atoms with van der Waals surface area (Å²) in [5, 5.41) is 6.26. The van der Waals surface area contributed by atoms with Crippen molar-refractivity contribution in [2.45, 2.75) is 63.6 Å². The molecule has 0 bridgehead atoms. The summed E-state index contributed by atoms with van der Waals surface area (Å²) in [5.74, 6) is 0.402. The molecule has 154 valence electrons. The summed E-state index contributed by atoms with van der Waals surface area (Å²) in [7, 11) is 0. The molecule has 2 saturated heterocycles. The van der Waals surface area contributed by atoms with Crippen LogP contribution in [0.3, 0.4) is 0 Å². The number of aromatic nitrogens is 1. The van der Waals surface area contributed by atoms with Crippen LogP contribution in [0.5, 0.6) is 0 Å². The molecule has 28 heavy (non-hydrogen) atoms. The lowest BCUT2D eigenvalue weighted by molar-refractivity contribution is -0.126. The highest BCUT2D eigenvalue weighted by atomic mass is 16.5. The Balaban J connectivity index is 1.43. The van der Waals surface area contributed by atoms with Gasteiger partial charge in [0, 0.05) is 51.4 Å². The van der Waals surface area contributed by atoms with Crippen LogP contribution >= 0.6 is 0 Å². The van der Waals surface area contributed by atoms with Gasteiger partial charge in [-0.25, -0.2) is 4.98 Å². The fourth-order valence-electron chi connectivity index (χ4n) is 4.18. The van der Waals surface area contributed by atoms with E-state index in [-0.39, 0.29) is 23.8 Å². The normalized spacial score (nSPS) is 27.2. The number of oxazole rings is 1. The number of nitrogens with zero attached hydrogens (tertiary/aromatic N) is 2. The molecule has 2 aliphatic heterocycles. The van der Waals surface area contributed by atoms with Crippen LogP contribution in [0.15, 0.2) is 10.7 Å². The Hall–Kier alpha value is -1.93. The summed E-state index contributed by atoms with van der Waals surface area (Å²) in [6.07, 6.45) is 7.09. The molecule has 1 saturated carbocycles. The smallest absolute Gasteiger partial charge is 0.273 e. The third-order valence-corrected chi connectivity index (χ3v) is 5.96. The fourth-order valence-corrected chi connectivity index (χ4v) is 4.18. The maximum Gasteiger partial charge on any atom is 0.273 e. The summed E-state index contributed by atoms with van der Waals surface area (Å²) in [6.45, 7) is 4.74. The summed E-state index contributed by atoms with van der Waals surface area (Å²) in [6, 6.07) is 0.765. The number of carbonyl (C=O) groups is 2. The largest absolute Gasteiger partial charge is 0.448 e. The zero-order valence-electron chi connectivity index (χ0n) is 16.5. The minimum absolute atomic E-state index is 0.00826. The van der Waals surface area contributed by atoms with Crippen LogP contribution in [-0.2, 0) is 9.53 Å². The van der Waals surface area contributed by atoms with Crippen LogP contribution in [0.2, 0.25) is 0 Å². The zero-order chi connectivity index (χ0) is 19.5. The van der Waals surface area contributed by atoms with Crippen molar-refractivity contribution in [1.29, 1.82) is 0 Å². The Morgan fingerprint density at radius 3 is 2.46 bits per heavy atom. The highest BCUT2D eigenvalue weighted by Gasteiger charge is 2.35. The quantitative estimate of drug-likeness (QED) is 0.786. The summed E-state index contributed by atoms with van der Waals surface area (Å²) >= 11 is 0. The lowest BCUT2D eigenvalue weighted by atomic mass is 10.00. The van der Waals surface area contributed by atoms with E-state index in [0.717, 1.165) is 64.8 Å². The molecule has 0 aromatic carbocycles. The van der Waals surface area contributed by atoms with Crippen molar-refractivity contribution in [2.24, 2.45) is 5.92 Å². The second-order valence-corrected chi connectivity index (χ2v) is 8.28. The van der Waals surface area contributed by atoms with Gasteiger partial charge in [0.1, 0.15) is 6.26 Å². The van der Waals surface area contributed by atoms with Gasteiger partial charge in [-0.15, -0.1) is 0 Å². The molecule has 0 unspecified atom stereocenters. The Morgan fingerprint density at radius 1 is 1.04 bits per heavy atom. The average Bonchev–Trinajstić information content (AvgIpc) is 3.44. The van der Waals surface area contributed by atoms with Crippen molar-refractivity contribution in [2.75, 3.05) is 26.3 Å². The van der Waals surface area contributed by atoms with E-state index in [4.69, 9.17) is 9.15 Å². The first kappa shape index (κ1) is 19.4. The van der Waals surface area contributed by atoms with Crippen molar-refractivity contribution < 1.29 is 18.7 Å². The van der Waals surface area contributed by atoms with Gasteiger partial charge in [-0.2, -0.15) is 0 Å². The van der Waals surface area contributed by atoms with E-state index in [9.17, 15) is 9.59 Å². The predicted octanol–water partition coefficient (Wildman–Crippen LogP) is 1.25. The number of carbonyl (C=O) groups excluding carboxylic acids is 2. The number of rotatable bonds is 5. The van der Waals surface area contributed by atoms with Crippen LogP contribution in [-0.4, -0.2) is 66.1 Å². The van der Waals surface area contributed by atoms with Gasteiger partial charge in [0.15, 0.2) is 11.6 Å². The number of hydrogen-bond acceptors (Lipinski definition) is 6. The molecule has 2 amide bonds. The highest BCUT2D eigenvalue weighted by Crippen LogP contribution is 2.25. The molecular formula is C20H30N4O4. The molecule has 8 nitrogen and oxygen atoms in total. The fraction of sp³-hybridized carbons (Fsp3) is 0.750. The van der Waals surface area contributed by atoms with Gasteiger partial charge in [0.25, 0.3) is 5.91 Å². The van der Waals surface area contributed by atoms with E-state index in [1.807, 2.05) is 0 Å². The van der Waals surface area contributed by atoms with E-state index < -0.39 is 0 Å². The Kier molecular flexibility index (Phi) is 5.96. The predicted molar refractivity (Wildman–Crippen MR) is 102 cm³/mol. The molecule has 3 fully saturated rings. The van der Waals surface area contributed by atoms with E-state index in [1.165, 1.54) is 6.26 Å². The Morgan fingerprint density at radius 2 is 1.79 bits per heavy atom. The summed E-state index contributed by atoms with van der Waals surface area (Å²) in [4.78, 5) is 31.8. The molecule has 1 aromatic rings. The van der Waals surface area contributed by atoms with E-state index in [0.29, 0.717) is 23.7 Å². The van der Waals surface area contributed by atoms with Crippen molar-refractivity contribution in [1.82, 2.24) is 20.5 Å².